The second-order valence-electron chi connectivity index (χ2n) is 9.24. The van der Waals surface area contributed by atoms with E-state index in [4.69, 9.17) is 0 Å². The van der Waals surface area contributed by atoms with Gasteiger partial charge in [0.25, 0.3) is 0 Å². The fourth-order valence-corrected chi connectivity index (χ4v) is 9.35. The van der Waals surface area contributed by atoms with Crippen molar-refractivity contribution in [2.24, 2.45) is 0 Å². The van der Waals surface area contributed by atoms with Crippen LogP contribution in [0.5, 0.6) is 0 Å². The topological polar surface area (TPSA) is 20.3 Å². The molecule has 2 unspecified atom stereocenters. The van der Waals surface area contributed by atoms with Crippen LogP contribution in [0.1, 0.15) is 17.0 Å². The lowest BCUT2D eigenvalue weighted by atomic mass is 9.83. The molecule has 1 amide bonds. The van der Waals surface area contributed by atoms with Gasteiger partial charge < -0.3 is 4.90 Å². The van der Waals surface area contributed by atoms with Crippen LogP contribution in [0.15, 0.2) is 134 Å². The highest BCUT2D eigenvalue weighted by molar-refractivity contribution is 7.73. The zero-order valence-electron chi connectivity index (χ0n) is 20.3. The largest absolute Gasteiger partial charge is 0.328 e. The van der Waals surface area contributed by atoms with Crippen LogP contribution in [0.25, 0.3) is 0 Å². The summed E-state index contributed by atoms with van der Waals surface area (Å²) in [5.74, 6) is 0.185. The monoisotopic (exact) mass is 507 g/mol. The summed E-state index contributed by atoms with van der Waals surface area (Å²) in [5.41, 5.74) is 2.07. The van der Waals surface area contributed by atoms with E-state index in [9.17, 15) is 4.79 Å². The third kappa shape index (κ3) is 4.57. The highest BCUT2D eigenvalue weighted by atomic mass is 31.1. The van der Waals surface area contributed by atoms with Gasteiger partial charge >= 0.3 is 0 Å². The Hall–Kier alpha value is -3.05. The van der Waals surface area contributed by atoms with Crippen LogP contribution in [0, 0.1) is 0 Å². The standard InChI is InChI=1S/C32H31NOP2/c1-2-30(34)33-23-29(25-15-7-3-8-16-25)31(35)32(33,26-17-9-4-10-18-26)24-36(27-19-11-5-12-20-27)28-21-13-6-14-22-28/h2-22,29,31H,1,23-24,35H2/t29-,31?,32-/m0/s1. The number of carbonyl (C=O) groups is 1. The second kappa shape index (κ2) is 10.9. The van der Waals surface area contributed by atoms with E-state index in [1.165, 1.54) is 27.8 Å². The third-order valence-corrected chi connectivity index (χ3v) is 11.0. The van der Waals surface area contributed by atoms with Crippen LogP contribution in [0.4, 0.5) is 0 Å². The SMILES string of the molecule is C=CC(=O)N1C[C@@H](c2ccccc2)C(P)[C@]1(CP(c1ccccc1)c1ccccc1)c1ccccc1. The van der Waals surface area contributed by atoms with Crippen molar-refractivity contribution in [1.82, 2.24) is 4.90 Å². The zero-order chi connectivity index (χ0) is 25.0. The summed E-state index contributed by atoms with van der Waals surface area (Å²) in [7, 11) is 2.42. The maximum Gasteiger partial charge on any atom is 0.246 e. The lowest BCUT2D eigenvalue weighted by Gasteiger charge is -2.44. The van der Waals surface area contributed by atoms with Crippen molar-refractivity contribution in [2.75, 3.05) is 12.7 Å². The molecule has 1 saturated heterocycles. The van der Waals surface area contributed by atoms with Gasteiger partial charge in [-0.1, -0.05) is 128 Å². The molecule has 5 rings (SSSR count). The number of rotatable bonds is 7. The van der Waals surface area contributed by atoms with E-state index in [0.717, 1.165) is 6.16 Å². The maximum atomic E-state index is 13.6. The summed E-state index contributed by atoms with van der Waals surface area (Å²) < 4.78 is 0. The van der Waals surface area contributed by atoms with E-state index in [-0.39, 0.29) is 17.5 Å². The maximum absolute atomic E-state index is 13.6. The minimum atomic E-state index is -0.747. The van der Waals surface area contributed by atoms with Gasteiger partial charge in [-0.05, 0) is 35.7 Å². The number of likely N-dealkylation sites (tertiary alicyclic amines) is 1. The van der Waals surface area contributed by atoms with Gasteiger partial charge in [0.15, 0.2) is 0 Å². The molecule has 36 heavy (non-hydrogen) atoms. The summed E-state index contributed by atoms with van der Waals surface area (Å²) >= 11 is 0. The van der Waals surface area contributed by atoms with Gasteiger partial charge in [-0.2, -0.15) is 0 Å². The average Bonchev–Trinajstić information content (AvgIpc) is 3.25. The van der Waals surface area contributed by atoms with Gasteiger partial charge in [0.2, 0.25) is 5.91 Å². The number of carbonyl (C=O) groups excluding carboxylic acids is 1. The third-order valence-electron chi connectivity index (χ3n) is 7.32. The number of hydrogen-bond acceptors (Lipinski definition) is 1. The van der Waals surface area contributed by atoms with Crippen molar-refractivity contribution >= 4 is 33.7 Å². The van der Waals surface area contributed by atoms with Crippen LogP contribution in [0.3, 0.4) is 0 Å². The fourth-order valence-electron chi connectivity index (χ4n) is 5.54. The summed E-state index contributed by atoms with van der Waals surface area (Å²) in [5, 5.41) is 2.64. The predicted octanol–water partition coefficient (Wildman–Crippen LogP) is 6.07. The lowest BCUT2D eigenvalue weighted by Crippen LogP contribution is -2.51. The highest BCUT2D eigenvalue weighted by Crippen LogP contribution is 2.55. The molecule has 1 fully saturated rings. The Morgan fingerprint density at radius 1 is 0.833 bits per heavy atom. The van der Waals surface area contributed by atoms with Crippen LogP contribution < -0.4 is 10.6 Å². The Balaban J connectivity index is 1.71. The summed E-state index contributed by atoms with van der Waals surface area (Å²) in [6.45, 7) is 4.55. The van der Waals surface area contributed by atoms with Crippen LogP contribution in [-0.4, -0.2) is 29.2 Å². The fraction of sp³-hybridized carbons (Fsp3) is 0.156. The minimum Gasteiger partial charge on any atom is -0.328 e. The number of benzene rings is 4. The van der Waals surface area contributed by atoms with Crippen molar-refractivity contribution in [3.05, 3.63) is 145 Å². The van der Waals surface area contributed by atoms with Gasteiger partial charge in [-0.25, -0.2) is 0 Å². The van der Waals surface area contributed by atoms with E-state index >= 15 is 0 Å². The summed E-state index contributed by atoms with van der Waals surface area (Å²) in [6, 6.07) is 42.8. The number of nitrogens with zero attached hydrogens (tertiary/aromatic N) is 1. The van der Waals surface area contributed by atoms with Crippen molar-refractivity contribution in [3.8, 4) is 0 Å². The van der Waals surface area contributed by atoms with Crippen LogP contribution in [0.2, 0.25) is 0 Å². The minimum absolute atomic E-state index is 0.0131. The normalized spacial score (nSPS) is 21.4. The molecule has 0 bridgehead atoms. The Morgan fingerprint density at radius 3 is 1.81 bits per heavy atom. The molecule has 0 aliphatic carbocycles. The van der Waals surface area contributed by atoms with Crippen LogP contribution >= 0.6 is 17.2 Å². The molecule has 180 valence electrons. The molecule has 0 spiro atoms. The molecule has 1 aliphatic rings. The second-order valence-corrected chi connectivity index (χ2v) is 12.2. The van der Waals surface area contributed by atoms with Crippen LogP contribution in [-0.2, 0) is 10.3 Å². The highest BCUT2D eigenvalue weighted by Gasteiger charge is 2.55. The zero-order valence-corrected chi connectivity index (χ0v) is 22.3. The predicted molar refractivity (Wildman–Crippen MR) is 157 cm³/mol. The van der Waals surface area contributed by atoms with E-state index in [1.54, 1.807) is 0 Å². The van der Waals surface area contributed by atoms with Crippen molar-refractivity contribution in [1.29, 1.82) is 0 Å². The quantitative estimate of drug-likeness (QED) is 0.220. The first-order valence-electron chi connectivity index (χ1n) is 12.3. The molecule has 0 N–H and O–H groups in total. The molecule has 0 saturated carbocycles. The van der Waals surface area contributed by atoms with Gasteiger partial charge in [0.1, 0.15) is 0 Å². The van der Waals surface area contributed by atoms with Gasteiger partial charge in [-0.15, -0.1) is 9.24 Å². The first-order valence-corrected chi connectivity index (χ1v) is 14.5. The molecule has 0 aromatic heterocycles. The lowest BCUT2D eigenvalue weighted by molar-refractivity contribution is -0.129. The number of hydrogen-bond donors (Lipinski definition) is 0. The van der Waals surface area contributed by atoms with E-state index in [2.05, 4.69) is 142 Å². The average molecular weight is 508 g/mol. The Labute approximate surface area is 218 Å². The molecule has 4 atom stereocenters. The summed E-state index contributed by atoms with van der Waals surface area (Å²) in [6.07, 6.45) is 2.31. The van der Waals surface area contributed by atoms with Crippen molar-refractivity contribution in [3.63, 3.8) is 0 Å². The first kappa shape index (κ1) is 24.6. The molecule has 4 aromatic carbocycles. The van der Waals surface area contributed by atoms with Crippen molar-refractivity contribution < 1.29 is 4.79 Å². The van der Waals surface area contributed by atoms with Gasteiger partial charge in [0, 0.05) is 24.3 Å². The molecule has 4 aromatic rings. The first-order chi connectivity index (χ1) is 17.6. The Morgan fingerprint density at radius 2 is 1.31 bits per heavy atom. The van der Waals surface area contributed by atoms with Gasteiger partial charge in [-0.3, -0.25) is 4.79 Å². The molecule has 0 radical (unpaired) electrons. The molecule has 1 heterocycles. The molecular weight excluding hydrogens is 476 g/mol. The molecule has 4 heteroatoms. The number of amides is 1. The molecular formula is C32H31NOP2. The molecule has 1 aliphatic heterocycles. The Kier molecular flexibility index (Phi) is 7.47. The Bertz CT molecular complexity index is 1260. The van der Waals surface area contributed by atoms with Gasteiger partial charge in [0.05, 0.1) is 5.54 Å². The smallest absolute Gasteiger partial charge is 0.246 e. The van der Waals surface area contributed by atoms with E-state index < -0.39 is 13.5 Å². The van der Waals surface area contributed by atoms with E-state index in [1.807, 2.05) is 0 Å². The van der Waals surface area contributed by atoms with E-state index in [0.29, 0.717) is 6.54 Å². The van der Waals surface area contributed by atoms with Crippen molar-refractivity contribution in [2.45, 2.75) is 17.1 Å². The molecule has 2 nitrogen and oxygen atoms in total. The summed E-state index contributed by atoms with van der Waals surface area (Å²) in [4.78, 5) is 15.7.